The first-order chi connectivity index (χ1) is 11.5. The number of likely N-dealkylation sites (N-methyl/N-ethyl adjacent to an activating group) is 1. The molecule has 1 unspecified atom stereocenters. The molecular formula is C19H24FN2O2+. The number of carbonyl (C=O) groups is 1. The van der Waals surface area contributed by atoms with Crippen molar-refractivity contribution in [2.45, 2.75) is 26.4 Å². The Labute approximate surface area is 142 Å². The Bertz CT molecular complexity index is 673. The average molecular weight is 331 g/mol. The molecule has 1 amide bonds. The molecule has 0 bridgehead atoms. The summed E-state index contributed by atoms with van der Waals surface area (Å²) >= 11 is 0. The van der Waals surface area contributed by atoms with Crippen LogP contribution in [0.1, 0.15) is 19.4 Å². The van der Waals surface area contributed by atoms with E-state index in [-0.39, 0.29) is 17.6 Å². The van der Waals surface area contributed by atoms with Gasteiger partial charge in [-0.3, -0.25) is 4.79 Å². The van der Waals surface area contributed by atoms with Gasteiger partial charge in [-0.05, 0) is 50.2 Å². The summed E-state index contributed by atoms with van der Waals surface area (Å²) in [7, 11) is 1.95. The highest BCUT2D eigenvalue weighted by molar-refractivity contribution is 5.93. The second kappa shape index (κ2) is 8.45. The van der Waals surface area contributed by atoms with Crippen LogP contribution in [0.5, 0.6) is 5.75 Å². The number of ether oxygens (including phenoxy) is 1. The summed E-state index contributed by atoms with van der Waals surface area (Å²) in [6, 6.07) is 13.7. The standard InChI is InChI=1S/C19H23FN2O2/c1-4-24-16-11-9-15(10-12-16)13-22(3)14(2)19(23)21-18-8-6-5-7-17(18)20/h5-12,14H,4,13H2,1-3H3,(H,21,23)/p+1/t14-/m0/s1. The van der Waals surface area contributed by atoms with Gasteiger partial charge in [0, 0.05) is 5.56 Å². The molecule has 5 heteroatoms. The maximum Gasteiger partial charge on any atom is 0.282 e. The van der Waals surface area contributed by atoms with Crippen LogP contribution in [0.3, 0.4) is 0 Å². The average Bonchev–Trinajstić information content (AvgIpc) is 2.58. The molecular weight excluding hydrogens is 307 g/mol. The number of rotatable bonds is 7. The van der Waals surface area contributed by atoms with E-state index in [2.05, 4.69) is 5.32 Å². The molecule has 4 nitrogen and oxygen atoms in total. The second-order valence-electron chi connectivity index (χ2n) is 5.79. The molecule has 0 spiro atoms. The number of para-hydroxylation sites is 1. The summed E-state index contributed by atoms with van der Waals surface area (Å²) in [6.45, 7) is 5.11. The van der Waals surface area contributed by atoms with E-state index in [0.29, 0.717) is 13.2 Å². The summed E-state index contributed by atoms with van der Waals surface area (Å²) in [5.41, 5.74) is 1.32. The fraction of sp³-hybridized carbons (Fsp3) is 0.316. The van der Waals surface area contributed by atoms with E-state index < -0.39 is 5.82 Å². The number of carbonyl (C=O) groups excluding carboxylic acids is 1. The van der Waals surface area contributed by atoms with Gasteiger partial charge in [0.25, 0.3) is 5.91 Å². The van der Waals surface area contributed by atoms with Crippen LogP contribution in [0.15, 0.2) is 48.5 Å². The molecule has 24 heavy (non-hydrogen) atoms. The third-order valence-corrected chi connectivity index (χ3v) is 3.98. The van der Waals surface area contributed by atoms with Crippen LogP contribution in [-0.2, 0) is 11.3 Å². The van der Waals surface area contributed by atoms with Gasteiger partial charge in [-0.1, -0.05) is 12.1 Å². The van der Waals surface area contributed by atoms with Crippen molar-refractivity contribution in [3.63, 3.8) is 0 Å². The number of nitrogens with one attached hydrogen (secondary N) is 2. The van der Waals surface area contributed by atoms with Gasteiger partial charge in [0.2, 0.25) is 0 Å². The van der Waals surface area contributed by atoms with Crippen LogP contribution in [-0.4, -0.2) is 25.6 Å². The van der Waals surface area contributed by atoms with Crippen molar-refractivity contribution in [2.24, 2.45) is 0 Å². The SMILES string of the molecule is CCOc1ccc(C[NH+](C)[C@@H](C)C(=O)Nc2ccccc2F)cc1. The molecule has 0 fully saturated rings. The predicted octanol–water partition coefficient (Wildman–Crippen LogP) is 2.27. The minimum absolute atomic E-state index is 0.205. The lowest BCUT2D eigenvalue weighted by atomic mass is 10.1. The molecule has 2 atom stereocenters. The lowest BCUT2D eigenvalue weighted by Gasteiger charge is -2.21. The van der Waals surface area contributed by atoms with E-state index in [1.807, 2.05) is 45.2 Å². The third-order valence-electron chi connectivity index (χ3n) is 3.98. The molecule has 0 saturated carbocycles. The molecule has 128 valence electrons. The molecule has 0 aliphatic rings. The van der Waals surface area contributed by atoms with E-state index in [0.717, 1.165) is 16.2 Å². The van der Waals surface area contributed by atoms with Crippen LogP contribution < -0.4 is 15.0 Å². The van der Waals surface area contributed by atoms with Crippen LogP contribution in [0.25, 0.3) is 0 Å². The molecule has 2 aromatic rings. The van der Waals surface area contributed by atoms with Crippen molar-refractivity contribution in [1.82, 2.24) is 0 Å². The minimum Gasteiger partial charge on any atom is -0.494 e. The Balaban J connectivity index is 1.94. The van der Waals surface area contributed by atoms with Gasteiger partial charge in [0.1, 0.15) is 18.1 Å². The number of quaternary nitrogens is 1. The van der Waals surface area contributed by atoms with E-state index in [4.69, 9.17) is 4.74 Å². The Morgan fingerprint density at radius 3 is 2.50 bits per heavy atom. The van der Waals surface area contributed by atoms with Gasteiger partial charge in [-0.2, -0.15) is 0 Å². The lowest BCUT2D eigenvalue weighted by molar-refractivity contribution is -0.907. The first-order valence-electron chi connectivity index (χ1n) is 8.10. The van der Waals surface area contributed by atoms with E-state index >= 15 is 0 Å². The number of amides is 1. The quantitative estimate of drug-likeness (QED) is 0.817. The summed E-state index contributed by atoms with van der Waals surface area (Å²) in [6.07, 6.45) is 0. The monoisotopic (exact) mass is 331 g/mol. The zero-order valence-electron chi connectivity index (χ0n) is 14.3. The van der Waals surface area contributed by atoms with Crippen molar-refractivity contribution in [1.29, 1.82) is 0 Å². The molecule has 0 radical (unpaired) electrons. The summed E-state index contributed by atoms with van der Waals surface area (Å²) < 4.78 is 19.1. The fourth-order valence-corrected chi connectivity index (χ4v) is 2.37. The van der Waals surface area contributed by atoms with Crippen molar-refractivity contribution < 1.29 is 18.8 Å². The zero-order chi connectivity index (χ0) is 17.5. The van der Waals surface area contributed by atoms with E-state index in [1.165, 1.54) is 6.07 Å². The number of hydrogen-bond acceptors (Lipinski definition) is 2. The van der Waals surface area contributed by atoms with Crippen LogP contribution in [0.2, 0.25) is 0 Å². The van der Waals surface area contributed by atoms with Gasteiger partial charge < -0.3 is 15.0 Å². The molecule has 2 aromatic carbocycles. The van der Waals surface area contributed by atoms with Crippen molar-refractivity contribution >= 4 is 11.6 Å². The zero-order valence-corrected chi connectivity index (χ0v) is 14.3. The fourth-order valence-electron chi connectivity index (χ4n) is 2.37. The van der Waals surface area contributed by atoms with Gasteiger partial charge >= 0.3 is 0 Å². The summed E-state index contributed by atoms with van der Waals surface area (Å²) in [5, 5.41) is 2.65. The van der Waals surface area contributed by atoms with Crippen molar-refractivity contribution in [2.75, 3.05) is 19.0 Å². The first-order valence-corrected chi connectivity index (χ1v) is 8.10. The highest BCUT2D eigenvalue weighted by atomic mass is 19.1. The topological polar surface area (TPSA) is 42.8 Å². The third kappa shape index (κ3) is 4.80. The van der Waals surface area contributed by atoms with Gasteiger partial charge in [0.05, 0.1) is 19.3 Å². The maximum atomic E-state index is 13.6. The van der Waals surface area contributed by atoms with Gasteiger partial charge in [-0.25, -0.2) is 4.39 Å². The maximum absolute atomic E-state index is 13.6. The normalized spacial score (nSPS) is 13.2. The van der Waals surface area contributed by atoms with Crippen LogP contribution in [0.4, 0.5) is 10.1 Å². The van der Waals surface area contributed by atoms with E-state index in [1.54, 1.807) is 18.2 Å². The number of anilines is 1. The van der Waals surface area contributed by atoms with Crippen LogP contribution >= 0.6 is 0 Å². The molecule has 0 aliphatic heterocycles. The molecule has 0 saturated heterocycles. The Morgan fingerprint density at radius 2 is 1.88 bits per heavy atom. The molecule has 0 aromatic heterocycles. The molecule has 0 heterocycles. The Kier molecular flexibility index (Phi) is 6.32. The predicted molar refractivity (Wildman–Crippen MR) is 92.7 cm³/mol. The summed E-state index contributed by atoms with van der Waals surface area (Å²) in [4.78, 5) is 13.3. The number of benzene rings is 2. The number of halogens is 1. The minimum atomic E-state index is -0.429. The lowest BCUT2D eigenvalue weighted by Crippen LogP contribution is -3.12. The molecule has 2 rings (SSSR count). The molecule has 2 N–H and O–H groups in total. The summed E-state index contributed by atoms with van der Waals surface area (Å²) in [5.74, 6) is 0.204. The van der Waals surface area contributed by atoms with Crippen molar-refractivity contribution in [3.05, 3.63) is 59.9 Å². The largest absolute Gasteiger partial charge is 0.494 e. The first kappa shape index (κ1) is 17.9. The smallest absolute Gasteiger partial charge is 0.282 e. The highest BCUT2D eigenvalue weighted by Crippen LogP contribution is 2.13. The Hall–Kier alpha value is -2.40. The van der Waals surface area contributed by atoms with Crippen molar-refractivity contribution in [3.8, 4) is 5.75 Å². The second-order valence-corrected chi connectivity index (χ2v) is 5.79. The Morgan fingerprint density at radius 1 is 1.21 bits per heavy atom. The van der Waals surface area contributed by atoms with Gasteiger partial charge in [0.15, 0.2) is 6.04 Å². The van der Waals surface area contributed by atoms with E-state index in [9.17, 15) is 9.18 Å². The highest BCUT2D eigenvalue weighted by Gasteiger charge is 2.22. The molecule has 0 aliphatic carbocycles. The van der Waals surface area contributed by atoms with Gasteiger partial charge in [-0.15, -0.1) is 0 Å². The number of hydrogen-bond donors (Lipinski definition) is 2. The van der Waals surface area contributed by atoms with Crippen LogP contribution in [0, 0.1) is 5.82 Å².